The molecule has 0 bridgehead atoms. The fourth-order valence-corrected chi connectivity index (χ4v) is 2.16. The molecule has 0 radical (unpaired) electrons. The summed E-state index contributed by atoms with van der Waals surface area (Å²) in [5.74, 6) is 0. The molecule has 0 unspecified atom stereocenters. The standard InChI is InChI=1S/C18H24N4O2/c1-2-3-11-24-18(23)22-15-9-7-14(8-10-15)21-16-6-4-5-13(12-19)17(16)20/h4-10,21H,2-3,11-12,19-20H2,1H3,(H,22,23). The minimum atomic E-state index is -0.441. The van der Waals surface area contributed by atoms with Gasteiger partial charge in [-0.3, -0.25) is 5.32 Å². The van der Waals surface area contributed by atoms with E-state index in [9.17, 15) is 4.79 Å². The molecule has 6 nitrogen and oxygen atoms in total. The average Bonchev–Trinajstić information content (AvgIpc) is 2.59. The summed E-state index contributed by atoms with van der Waals surface area (Å²) >= 11 is 0. The lowest BCUT2D eigenvalue weighted by Crippen LogP contribution is -2.14. The minimum Gasteiger partial charge on any atom is -0.449 e. The van der Waals surface area contributed by atoms with E-state index < -0.39 is 6.09 Å². The summed E-state index contributed by atoms with van der Waals surface area (Å²) in [7, 11) is 0. The van der Waals surface area contributed by atoms with Crippen molar-refractivity contribution in [2.45, 2.75) is 26.3 Å². The number of amides is 1. The molecule has 0 aromatic heterocycles. The van der Waals surface area contributed by atoms with Crippen LogP contribution in [0.4, 0.5) is 27.5 Å². The highest BCUT2D eigenvalue weighted by Crippen LogP contribution is 2.26. The molecule has 128 valence electrons. The van der Waals surface area contributed by atoms with Crippen LogP contribution in [-0.4, -0.2) is 12.7 Å². The minimum absolute atomic E-state index is 0.393. The predicted molar refractivity (Wildman–Crippen MR) is 98.3 cm³/mol. The Morgan fingerprint density at radius 1 is 1.12 bits per heavy atom. The second-order valence-electron chi connectivity index (χ2n) is 5.40. The van der Waals surface area contributed by atoms with Gasteiger partial charge in [0.25, 0.3) is 0 Å². The number of carbonyl (C=O) groups is 1. The van der Waals surface area contributed by atoms with E-state index in [0.717, 1.165) is 29.8 Å². The van der Waals surface area contributed by atoms with Crippen LogP contribution in [0.3, 0.4) is 0 Å². The summed E-state index contributed by atoms with van der Waals surface area (Å²) in [5.41, 5.74) is 15.6. The van der Waals surface area contributed by atoms with Gasteiger partial charge in [-0.2, -0.15) is 0 Å². The van der Waals surface area contributed by atoms with Gasteiger partial charge in [0, 0.05) is 17.9 Å². The topological polar surface area (TPSA) is 102 Å². The highest BCUT2D eigenvalue weighted by Gasteiger charge is 2.05. The lowest BCUT2D eigenvalue weighted by atomic mass is 10.1. The van der Waals surface area contributed by atoms with Crippen molar-refractivity contribution >= 4 is 28.8 Å². The zero-order valence-electron chi connectivity index (χ0n) is 13.8. The average molecular weight is 328 g/mol. The number of anilines is 4. The van der Waals surface area contributed by atoms with Gasteiger partial charge in [0.15, 0.2) is 0 Å². The molecule has 2 aromatic carbocycles. The van der Waals surface area contributed by atoms with Crippen molar-refractivity contribution in [1.82, 2.24) is 0 Å². The molecule has 0 saturated carbocycles. The van der Waals surface area contributed by atoms with Gasteiger partial charge in [0.2, 0.25) is 0 Å². The van der Waals surface area contributed by atoms with Crippen molar-refractivity contribution in [3.05, 3.63) is 48.0 Å². The Balaban J connectivity index is 1.96. The number of rotatable bonds is 7. The number of nitrogens with two attached hydrogens (primary N) is 2. The molecule has 1 amide bonds. The Hall–Kier alpha value is -2.73. The quantitative estimate of drug-likeness (QED) is 0.457. The lowest BCUT2D eigenvalue weighted by molar-refractivity contribution is 0.160. The summed E-state index contributed by atoms with van der Waals surface area (Å²) in [6.45, 7) is 2.87. The van der Waals surface area contributed by atoms with E-state index in [1.165, 1.54) is 0 Å². The molecule has 0 aliphatic rings. The van der Waals surface area contributed by atoms with E-state index in [1.54, 1.807) is 12.1 Å². The van der Waals surface area contributed by atoms with Crippen molar-refractivity contribution in [1.29, 1.82) is 0 Å². The van der Waals surface area contributed by atoms with Gasteiger partial charge in [0.05, 0.1) is 18.0 Å². The van der Waals surface area contributed by atoms with Crippen molar-refractivity contribution in [3.8, 4) is 0 Å². The monoisotopic (exact) mass is 328 g/mol. The van der Waals surface area contributed by atoms with Crippen LogP contribution in [0.5, 0.6) is 0 Å². The molecular weight excluding hydrogens is 304 g/mol. The first-order chi connectivity index (χ1) is 11.6. The molecule has 0 aliphatic carbocycles. The number of hydrogen-bond acceptors (Lipinski definition) is 5. The lowest BCUT2D eigenvalue weighted by Gasteiger charge is -2.13. The number of nitrogens with one attached hydrogen (secondary N) is 2. The fraction of sp³-hybridized carbons (Fsp3) is 0.278. The van der Waals surface area contributed by atoms with Crippen LogP contribution in [0, 0.1) is 0 Å². The molecule has 6 heteroatoms. The molecule has 0 atom stereocenters. The number of nitrogen functional groups attached to an aromatic ring is 1. The zero-order valence-corrected chi connectivity index (χ0v) is 13.8. The van der Waals surface area contributed by atoms with Crippen LogP contribution < -0.4 is 22.1 Å². The summed E-state index contributed by atoms with van der Waals surface area (Å²) in [6.07, 6.45) is 1.41. The zero-order chi connectivity index (χ0) is 17.4. The molecule has 0 aliphatic heterocycles. The summed E-state index contributed by atoms with van der Waals surface area (Å²) in [5, 5.41) is 5.94. The predicted octanol–water partition coefficient (Wildman–Crippen LogP) is 3.82. The van der Waals surface area contributed by atoms with E-state index in [-0.39, 0.29) is 0 Å². The Bertz CT molecular complexity index is 671. The first-order valence-electron chi connectivity index (χ1n) is 8.02. The van der Waals surface area contributed by atoms with E-state index in [4.69, 9.17) is 16.2 Å². The van der Waals surface area contributed by atoms with Gasteiger partial charge in [-0.05, 0) is 42.3 Å². The normalized spacial score (nSPS) is 10.2. The number of para-hydroxylation sites is 1. The Morgan fingerprint density at radius 2 is 1.83 bits per heavy atom. The van der Waals surface area contributed by atoms with Crippen LogP contribution in [0.2, 0.25) is 0 Å². The Labute approximate surface area is 142 Å². The van der Waals surface area contributed by atoms with Crippen LogP contribution in [0.1, 0.15) is 25.3 Å². The van der Waals surface area contributed by atoms with Crippen molar-refractivity contribution in [2.75, 3.05) is 23.0 Å². The van der Waals surface area contributed by atoms with Crippen LogP contribution >= 0.6 is 0 Å². The Kier molecular flexibility index (Phi) is 6.45. The third kappa shape index (κ3) is 4.89. The maximum Gasteiger partial charge on any atom is 0.411 e. The first kappa shape index (κ1) is 17.6. The number of ether oxygens (including phenoxy) is 1. The van der Waals surface area contributed by atoms with Gasteiger partial charge in [-0.25, -0.2) is 4.79 Å². The van der Waals surface area contributed by atoms with Crippen molar-refractivity contribution < 1.29 is 9.53 Å². The maximum atomic E-state index is 11.6. The second-order valence-corrected chi connectivity index (χ2v) is 5.40. The summed E-state index contributed by atoms with van der Waals surface area (Å²) in [4.78, 5) is 11.6. The molecule has 2 aromatic rings. The molecule has 0 spiro atoms. The number of carbonyl (C=O) groups excluding carboxylic acids is 1. The van der Waals surface area contributed by atoms with E-state index in [0.29, 0.717) is 24.5 Å². The largest absolute Gasteiger partial charge is 0.449 e. The highest BCUT2D eigenvalue weighted by atomic mass is 16.5. The van der Waals surface area contributed by atoms with Crippen LogP contribution in [0.25, 0.3) is 0 Å². The second kappa shape index (κ2) is 8.79. The van der Waals surface area contributed by atoms with Gasteiger partial charge in [-0.15, -0.1) is 0 Å². The summed E-state index contributed by atoms with van der Waals surface area (Å²) in [6, 6.07) is 13.0. The van der Waals surface area contributed by atoms with Crippen molar-refractivity contribution in [3.63, 3.8) is 0 Å². The third-order valence-electron chi connectivity index (χ3n) is 3.56. The molecule has 24 heavy (non-hydrogen) atoms. The third-order valence-corrected chi connectivity index (χ3v) is 3.56. The van der Waals surface area contributed by atoms with Crippen molar-refractivity contribution in [2.24, 2.45) is 5.73 Å². The van der Waals surface area contributed by atoms with Gasteiger partial charge in [0.1, 0.15) is 0 Å². The fourth-order valence-electron chi connectivity index (χ4n) is 2.16. The molecule has 0 heterocycles. The SMILES string of the molecule is CCCCOC(=O)Nc1ccc(Nc2cccc(CN)c2N)cc1. The van der Waals surface area contributed by atoms with E-state index >= 15 is 0 Å². The molecule has 6 N–H and O–H groups in total. The summed E-state index contributed by atoms with van der Waals surface area (Å²) < 4.78 is 5.06. The molecule has 0 saturated heterocycles. The van der Waals surface area contributed by atoms with Gasteiger partial charge in [-0.1, -0.05) is 25.5 Å². The van der Waals surface area contributed by atoms with E-state index in [1.807, 2.05) is 37.3 Å². The van der Waals surface area contributed by atoms with E-state index in [2.05, 4.69) is 10.6 Å². The van der Waals surface area contributed by atoms with Gasteiger partial charge >= 0.3 is 6.09 Å². The molecule has 2 rings (SSSR count). The number of unbranched alkanes of at least 4 members (excludes halogenated alkanes) is 1. The Morgan fingerprint density at radius 3 is 2.50 bits per heavy atom. The van der Waals surface area contributed by atoms with Crippen LogP contribution in [-0.2, 0) is 11.3 Å². The number of benzene rings is 2. The maximum absolute atomic E-state index is 11.6. The molecular formula is C18H24N4O2. The highest BCUT2D eigenvalue weighted by molar-refractivity contribution is 5.85. The molecule has 0 fully saturated rings. The number of hydrogen-bond donors (Lipinski definition) is 4. The van der Waals surface area contributed by atoms with Gasteiger partial charge < -0.3 is 21.5 Å². The van der Waals surface area contributed by atoms with Crippen LogP contribution in [0.15, 0.2) is 42.5 Å². The smallest absolute Gasteiger partial charge is 0.411 e. The first-order valence-corrected chi connectivity index (χ1v) is 8.02.